The second-order valence-corrected chi connectivity index (χ2v) is 7.04. The number of pyridine rings is 2. The number of hydrogen-bond donors (Lipinski definition) is 2. The van der Waals surface area contributed by atoms with Crippen molar-refractivity contribution >= 4 is 34.2 Å². The normalized spacial score (nSPS) is 10.6. The van der Waals surface area contributed by atoms with Crippen molar-refractivity contribution < 1.29 is 9.59 Å². The van der Waals surface area contributed by atoms with Crippen LogP contribution in [0, 0.1) is 6.92 Å². The summed E-state index contributed by atoms with van der Waals surface area (Å²) in [5.41, 5.74) is 4.64. The van der Waals surface area contributed by atoms with Crippen LogP contribution in [0.4, 0.5) is 16.3 Å². The Morgan fingerprint density at radius 1 is 0.933 bits per heavy atom. The van der Waals surface area contributed by atoms with Gasteiger partial charge in [-0.15, -0.1) is 0 Å². The minimum Gasteiger partial charge on any atom is -0.308 e. The lowest BCUT2D eigenvalue weighted by Crippen LogP contribution is -2.20. The molecule has 0 saturated heterocycles. The van der Waals surface area contributed by atoms with Crippen molar-refractivity contribution in [2.24, 2.45) is 0 Å². The number of anilines is 2. The van der Waals surface area contributed by atoms with Crippen LogP contribution in [0.25, 0.3) is 22.0 Å². The second-order valence-electron chi connectivity index (χ2n) is 7.04. The first-order valence-electron chi connectivity index (χ1n) is 9.50. The molecule has 2 amide bonds. The van der Waals surface area contributed by atoms with Gasteiger partial charge in [-0.1, -0.05) is 42.0 Å². The van der Waals surface area contributed by atoms with Crippen molar-refractivity contribution in [2.45, 2.75) is 13.8 Å². The van der Waals surface area contributed by atoms with Crippen molar-refractivity contribution in [2.75, 3.05) is 10.6 Å². The van der Waals surface area contributed by atoms with E-state index in [1.807, 2.05) is 37.3 Å². The highest BCUT2D eigenvalue weighted by atomic mass is 16.2. The zero-order valence-electron chi connectivity index (χ0n) is 16.6. The average Bonchev–Trinajstić information content (AvgIpc) is 2.73. The molecule has 2 N–H and O–H groups in total. The van der Waals surface area contributed by atoms with Crippen LogP contribution in [0.15, 0.2) is 73.1 Å². The number of Topliss-reactive ketones (excluding diaryl/α,β-unsaturated/α-hetero) is 1. The van der Waals surface area contributed by atoms with E-state index in [0.29, 0.717) is 17.1 Å². The summed E-state index contributed by atoms with van der Waals surface area (Å²) in [4.78, 5) is 33.1. The lowest BCUT2D eigenvalue weighted by Gasteiger charge is -2.13. The molecule has 0 unspecified atom stereocenters. The van der Waals surface area contributed by atoms with E-state index >= 15 is 0 Å². The molecule has 0 fully saturated rings. The van der Waals surface area contributed by atoms with Gasteiger partial charge in [-0.3, -0.25) is 15.1 Å². The van der Waals surface area contributed by atoms with E-state index < -0.39 is 6.03 Å². The molecule has 0 bridgehead atoms. The number of rotatable bonds is 4. The van der Waals surface area contributed by atoms with Crippen LogP contribution < -0.4 is 10.6 Å². The minimum atomic E-state index is -0.439. The Morgan fingerprint density at radius 2 is 1.77 bits per heavy atom. The first kappa shape index (κ1) is 19.3. The summed E-state index contributed by atoms with van der Waals surface area (Å²) in [5.74, 6) is 0.380. The number of fused-ring (bicyclic) bond motifs is 1. The monoisotopic (exact) mass is 396 g/mol. The van der Waals surface area contributed by atoms with Gasteiger partial charge in [0, 0.05) is 34.6 Å². The zero-order valence-corrected chi connectivity index (χ0v) is 16.6. The van der Waals surface area contributed by atoms with Gasteiger partial charge in [0.25, 0.3) is 0 Å². The summed E-state index contributed by atoms with van der Waals surface area (Å²) < 4.78 is 0. The number of amides is 2. The molecule has 2 heterocycles. The molecule has 2 aromatic carbocycles. The van der Waals surface area contributed by atoms with Crippen molar-refractivity contribution in [1.29, 1.82) is 0 Å². The summed E-state index contributed by atoms with van der Waals surface area (Å²) in [5, 5.41) is 6.50. The number of ketones is 1. The van der Waals surface area contributed by atoms with Crippen molar-refractivity contribution in [1.82, 2.24) is 9.97 Å². The fourth-order valence-electron chi connectivity index (χ4n) is 3.23. The number of nitrogens with one attached hydrogen (secondary N) is 2. The van der Waals surface area contributed by atoms with E-state index in [2.05, 4.69) is 20.6 Å². The van der Waals surface area contributed by atoms with E-state index in [1.54, 1.807) is 42.7 Å². The summed E-state index contributed by atoms with van der Waals surface area (Å²) in [6, 6.07) is 18.1. The van der Waals surface area contributed by atoms with E-state index in [4.69, 9.17) is 0 Å². The van der Waals surface area contributed by atoms with E-state index in [0.717, 1.165) is 27.6 Å². The van der Waals surface area contributed by atoms with Gasteiger partial charge in [0.05, 0.1) is 5.52 Å². The standard InChI is InChI=1S/C24H20N4O2/c1-15-5-3-7-18(11-15)21-13-19-14-25-10-9-22(19)27-23(21)28-24(30)26-20-8-4-6-17(12-20)16(2)29/h3-14H,1-2H3,(H2,26,27,28,30). The number of nitrogens with zero attached hydrogens (tertiary/aromatic N) is 2. The molecule has 0 spiro atoms. The summed E-state index contributed by atoms with van der Waals surface area (Å²) >= 11 is 0. The molecule has 4 aromatic rings. The van der Waals surface area contributed by atoms with Crippen LogP contribution in [-0.4, -0.2) is 21.8 Å². The first-order valence-corrected chi connectivity index (χ1v) is 9.50. The average molecular weight is 396 g/mol. The van der Waals surface area contributed by atoms with Crippen LogP contribution >= 0.6 is 0 Å². The van der Waals surface area contributed by atoms with Gasteiger partial charge in [-0.25, -0.2) is 9.78 Å². The number of aromatic nitrogens is 2. The lowest BCUT2D eigenvalue weighted by molar-refractivity contribution is 0.101. The molecule has 0 radical (unpaired) electrons. The summed E-state index contributed by atoms with van der Waals surface area (Å²) in [6.45, 7) is 3.50. The minimum absolute atomic E-state index is 0.0643. The zero-order chi connectivity index (χ0) is 21.1. The van der Waals surface area contributed by atoms with Crippen LogP contribution in [0.1, 0.15) is 22.8 Å². The smallest absolute Gasteiger partial charge is 0.308 e. The van der Waals surface area contributed by atoms with Crippen LogP contribution in [-0.2, 0) is 0 Å². The Bertz CT molecular complexity index is 1270. The van der Waals surface area contributed by atoms with Gasteiger partial charge in [-0.05, 0) is 43.7 Å². The summed E-state index contributed by atoms with van der Waals surface area (Å²) in [7, 11) is 0. The number of hydrogen-bond acceptors (Lipinski definition) is 4. The third-order valence-electron chi connectivity index (χ3n) is 4.70. The highest BCUT2D eigenvalue weighted by Gasteiger charge is 2.13. The summed E-state index contributed by atoms with van der Waals surface area (Å²) in [6.07, 6.45) is 3.41. The molecular formula is C24H20N4O2. The van der Waals surface area contributed by atoms with Gasteiger partial charge in [-0.2, -0.15) is 0 Å². The topological polar surface area (TPSA) is 84.0 Å². The number of carbonyl (C=O) groups excluding carboxylic acids is 2. The van der Waals surface area contributed by atoms with Gasteiger partial charge in [0.2, 0.25) is 0 Å². The Labute approximate surface area is 174 Å². The highest BCUT2D eigenvalue weighted by molar-refractivity contribution is 6.04. The predicted molar refractivity (Wildman–Crippen MR) is 119 cm³/mol. The van der Waals surface area contributed by atoms with Crippen LogP contribution in [0.3, 0.4) is 0 Å². The Hall–Kier alpha value is -4.06. The number of benzene rings is 2. The second kappa shape index (κ2) is 8.13. The fourth-order valence-corrected chi connectivity index (χ4v) is 3.23. The van der Waals surface area contributed by atoms with E-state index in [-0.39, 0.29) is 5.78 Å². The third-order valence-corrected chi connectivity index (χ3v) is 4.70. The number of carbonyl (C=O) groups is 2. The number of urea groups is 1. The predicted octanol–water partition coefficient (Wildman–Crippen LogP) is 5.45. The molecule has 4 rings (SSSR count). The SMILES string of the molecule is CC(=O)c1cccc(NC(=O)Nc2nc3ccncc3cc2-c2cccc(C)c2)c1. The maximum atomic E-state index is 12.7. The molecular weight excluding hydrogens is 376 g/mol. The van der Waals surface area contributed by atoms with Gasteiger partial charge >= 0.3 is 6.03 Å². The Balaban J connectivity index is 1.69. The molecule has 2 aromatic heterocycles. The highest BCUT2D eigenvalue weighted by Crippen LogP contribution is 2.30. The Morgan fingerprint density at radius 3 is 2.57 bits per heavy atom. The molecule has 0 atom stereocenters. The third kappa shape index (κ3) is 4.17. The lowest BCUT2D eigenvalue weighted by atomic mass is 10.0. The van der Waals surface area contributed by atoms with Crippen LogP contribution in [0.5, 0.6) is 0 Å². The molecule has 148 valence electrons. The van der Waals surface area contributed by atoms with Crippen molar-refractivity contribution in [3.8, 4) is 11.1 Å². The van der Waals surface area contributed by atoms with Crippen molar-refractivity contribution in [3.05, 3.63) is 84.2 Å². The Kier molecular flexibility index (Phi) is 5.22. The van der Waals surface area contributed by atoms with Crippen LogP contribution in [0.2, 0.25) is 0 Å². The molecule has 0 aliphatic heterocycles. The quantitative estimate of drug-likeness (QED) is 0.449. The van der Waals surface area contributed by atoms with Gasteiger partial charge < -0.3 is 5.32 Å². The first-order chi connectivity index (χ1) is 14.5. The maximum absolute atomic E-state index is 12.7. The molecule has 0 aliphatic carbocycles. The van der Waals surface area contributed by atoms with E-state index in [1.165, 1.54) is 6.92 Å². The van der Waals surface area contributed by atoms with E-state index in [9.17, 15) is 9.59 Å². The van der Waals surface area contributed by atoms with Crippen molar-refractivity contribution in [3.63, 3.8) is 0 Å². The molecule has 30 heavy (non-hydrogen) atoms. The molecule has 6 heteroatoms. The van der Waals surface area contributed by atoms with Gasteiger partial charge in [0.1, 0.15) is 5.82 Å². The molecule has 6 nitrogen and oxygen atoms in total. The molecule has 0 saturated carbocycles. The number of aryl methyl sites for hydroxylation is 1. The largest absolute Gasteiger partial charge is 0.324 e. The molecule has 0 aliphatic rings. The maximum Gasteiger partial charge on any atom is 0.324 e. The fraction of sp³-hybridized carbons (Fsp3) is 0.0833. The van der Waals surface area contributed by atoms with Gasteiger partial charge in [0.15, 0.2) is 5.78 Å².